The number of halogens is 4. The summed E-state index contributed by atoms with van der Waals surface area (Å²) in [6.07, 6.45) is -0.546. The lowest BCUT2D eigenvalue weighted by atomic mass is 9.89. The van der Waals surface area contributed by atoms with E-state index in [4.69, 9.17) is 0 Å². The van der Waals surface area contributed by atoms with Crippen LogP contribution in [-0.2, 0) is 18.3 Å². The fraction of sp³-hybridized carbons (Fsp3) is 0.500. The van der Waals surface area contributed by atoms with Crippen molar-refractivity contribution in [2.45, 2.75) is 25.4 Å². The zero-order chi connectivity index (χ0) is 20.3. The van der Waals surface area contributed by atoms with Crippen molar-refractivity contribution in [3.63, 3.8) is 0 Å². The van der Waals surface area contributed by atoms with Crippen LogP contribution in [0.5, 0.6) is 0 Å². The van der Waals surface area contributed by atoms with Crippen LogP contribution in [0.25, 0.3) is 0 Å². The van der Waals surface area contributed by atoms with Crippen molar-refractivity contribution in [2.75, 3.05) is 26.2 Å². The number of aromatic nitrogens is 2. The maximum absolute atomic E-state index is 13.1. The molecule has 5 nitrogen and oxygen atoms in total. The third-order valence-corrected chi connectivity index (χ3v) is 5.16. The zero-order valence-electron chi connectivity index (χ0n) is 16.4. The van der Waals surface area contributed by atoms with Gasteiger partial charge in [-0.2, -0.15) is 18.3 Å². The van der Waals surface area contributed by atoms with Gasteiger partial charge in [0.25, 0.3) is 0 Å². The molecule has 0 radical (unpaired) electrons. The van der Waals surface area contributed by atoms with E-state index in [0.717, 1.165) is 21.6 Å². The second-order valence-corrected chi connectivity index (χ2v) is 7.43. The lowest BCUT2D eigenvalue weighted by molar-refractivity contribution is -0.163. The number of hydrogen-bond donors (Lipinski definition) is 1. The van der Waals surface area contributed by atoms with Crippen LogP contribution >= 0.6 is 12.4 Å². The normalized spacial score (nSPS) is 19.1. The summed E-state index contributed by atoms with van der Waals surface area (Å²) in [4.78, 5) is 14.0. The molecule has 1 amide bonds. The van der Waals surface area contributed by atoms with Crippen molar-refractivity contribution in [1.82, 2.24) is 20.0 Å². The molecule has 1 fully saturated rings. The van der Waals surface area contributed by atoms with Crippen LogP contribution < -0.4 is 5.32 Å². The average Bonchev–Trinajstić information content (AvgIpc) is 3.27. The van der Waals surface area contributed by atoms with Gasteiger partial charge in [-0.15, -0.1) is 12.4 Å². The first kappa shape index (κ1) is 23.2. The maximum atomic E-state index is 13.1. The lowest BCUT2D eigenvalue weighted by Gasteiger charge is -2.28. The van der Waals surface area contributed by atoms with Crippen molar-refractivity contribution in [3.05, 3.63) is 53.3 Å². The van der Waals surface area contributed by atoms with E-state index in [1.165, 1.54) is 0 Å². The van der Waals surface area contributed by atoms with Crippen LogP contribution in [0.4, 0.5) is 13.2 Å². The predicted octanol–water partition coefficient (Wildman–Crippen LogP) is 3.09. The predicted molar refractivity (Wildman–Crippen MR) is 107 cm³/mol. The van der Waals surface area contributed by atoms with Crippen molar-refractivity contribution in [1.29, 1.82) is 0 Å². The molecule has 1 aromatic heterocycles. The quantitative estimate of drug-likeness (QED) is 0.766. The number of hydrogen-bond acceptors (Lipinski definition) is 3. The van der Waals surface area contributed by atoms with Gasteiger partial charge >= 0.3 is 6.18 Å². The topological polar surface area (TPSA) is 50.2 Å². The van der Waals surface area contributed by atoms with Gasteiger partial charge in [-0.1, -0.05) is 29.8 Å². The minimum Gasteiger partial charge on any atom is -0.333 e. The van der Waals surface area contributed by atoms with Gasteiger partial charge in [0, 0.05) is 38.8 Å². The second-order valence-electron chi connectivity index (χ2n) is 7.43. The molecule has 2 heterocycles. The Morgan fingerprint density at radius 2 is 1.97 bits per heavy atom. The van der Waals surface area contributed by atoms with Gasteiger partial charge in [-0.05, 0) is 24.5 Å². The Morgan fingerprint density at radius 1 is 1.28 bits per heavy atom. The van der Waals surface area contributed by atoms with Gasteiger partial charge in [0.05, 0.1) is 12.1 Å². The number of carbonyl (C=O) groups excluding carboxylic acids is 1. The first-order valence-corrected chi connectivity index (χ1v) is 9.33. The molecule has 1 N–H and O–H groups in total. The van der Waals surface area contributed by atoms with Crippen molar-refractivity contribution in [3.8, 4) is 0 Å². The number of rotatable bonds is 6. The molecule has 1 saturated heterocycles. The fourth-order valence-corrected chi connectivity index (χ4v) is 3.66. The van der Waals surface area contributed by atoms with Gasteiger partial charge in [-0.25, -0.2) is 0 Å². The Bertz CT molecular complexity index is 807. The van der Waals surface area contributed by atoms with Crippen LogP contribution in [0.15, 0.2) is 36.7 Å². The van der Waals surface area contributed by atoms with Crippen molar-refractivity contribution < 1.29 is 18.0 Å². The highest BCUT2D eigenvalue weighted by atomic mass is 35.5. The maximum Gasteiger partial charge on any atom is 0.406 e. The molecule has 0 bridgehead atoms. The molecule has 160 valence electrons. The Hall–Kier alpha value is -2.06. The van der Waals surface area contributed by atoms with E-state index in [2.05, 4.69) is 10.4 Å². The SMILES string of the molecule is Cc1ccc(CCN(CC(F)(F)F)C(=O)[C@H]2CNC[C@@H]2c2cnn(C)c2)cc1.Cl. The summed E-state index contributed by atoms with van der Waals surface area (Å²) in [5, 5.41) is 7.27. The first-order chi connectivity index (χ1) is 13.2. The van der Waals surface area contributed by atoms with Gasteiger partial charge < -0.3 is 10.2 Å². The number of amides is 1. The first-order valence-electron chi connectivity index (χ1n) is 9.33. The molecule has 9 heteroatoms. The smallest absolute Gasteiger partial charge is 0.333 e. The van der Waals surface area contributed by atoms with Crippen molar-refractivity contribution in [2.24, 2.45) is 13.0 Å². The van der Waals surface area contributed by atoms with Crippen LogP contribution in [0, 0.1) is 12.8 Å². The van der Waals surface area contributed by atoms with E-state index < -0.39 is 24.5 Å². The van der Waals surface area contributed by atoms with Crippen molar-refractivity contribution >= 4 is 18.3 Å². The Kier molecular flexibility index (Phi) is 7.71. The third-order valence-electron chi connectivity index (χ3n) is 5.16. The summed E-state index contributed by atoms with van der Waals surface area (Å²) in [5.74, 6) is -1.15. The van der Waals surface area contributed by atoms with E-state index in [1.54, 1.807) is 17.9 Å². The van der Waals surface area contributed by atoms with Crippen LogP contribution in [0.3, 0.4) is 0 Å². The van der Waals surface area contributed by atoms with E-state index in [9.17, 15) is 18.0 Å². The van der Waals surface area contributed by atoms with E-state index in [1.807, 2.05) is 37.4 Å². The largest absolute Gasteiger partial charge is 0.406 e. The summed E-state index contributed by atoms with van der Waals surface area (Å²) in [6, 6.07) is 7.62. The summed E-state index contributed by atoms with van der Waals surface area (Å²) < 4.78 is 41.0. The Morgan fingerprint density at radius 3 is 2.55 bits per heavy atom. The summed E-state index contributed by atoms with van der Waals surface area (Å²) in [7, 11) is 1.78. The fourth-order valence-electron chi connectivity index (χ4n) is 3.66. The van der Waals surface area contributed by atoms with Crippen LogP contribution in [0.1, 0.15) is 22.6 Å². The standard InChI is InChI=1S/C20H25F3N4O.ClH/c1-14-3-5-15(6-4-14)7-8-27(13-20(21,22)23)19(28)18-11-24-10-17(18)16-9-25-26(2)12-16;/h3-6,9,12,17-18,24H,7-8,10-11,13H2,1-2H3;1H/t17-,18+;/m1./s1. The molecule has 1 aromatic carbocycles. The number of nitrogens with zero attached hydrogens (tertiary/aromatic N) is 3. The summed E-state index contributed by atoms with van der Waals surface area (Å²) in [5.41, 5.74) is 2.87. The van der Waals surface area contributed by atoms with Gasteiger partial charge in [0.15, 0.2) is 0 Å². The number of benzene rings is 1. The Labute approximate surface area is 174 Å². The molecule has 3 rings (SSSR count). The van der Waals surface area contributed by atoms with E-state index >= 15 is 0 Å². The average molecular weight is 431 g/mol. The zero-order valence-corrected chi connectivity index (χ0v) is 17.3. The van der Waals surface area contributed by atoms with E-state index in [-0.39, 0.29) is 24.9 Å². The van der Waals surface area contributed by atoms with Gasteiger partial charge in [0.1, 0.15) is 6.54 Å². The monoisotopic (exact) mass is 430 g/mol. The molecule has 1 aliphatic rings. The highest BCUT2D eigenvalue weighted by Crippen LogP contribution is 2.30. The molecule has 2 atom stereocenters. The molecule has 2 aromatic rings. The number of aryl methyl sites for hydroxylation is 2. The number of carbonyl (C=O) groups is 1. The summed E-state index contributed by atoms with van der Waals surface area (Å²) >= 11 is 0. The van der Waals surface area contributed by atoms with Gasteiger partial charge in [-0.3, -0.25) is 9.48 Å². The minimum absolute atomic E-state index is 0. The van der Waals surface area contributed by atoms with E-state index in [0.29, 0.717) is 19.5 Å². The molecule has 29 heavy (non-hydrogen) atoms. The van der Waals surface area contributed by atoms with Crippen LogP contribution in [0.2, 0.25) is 0 Å². The third kappa shape index (κ3) is 6.21. The number of nitrogens with one attached hydrogen (secondary N) is 1. The van der Waals surface area contributed by atoms with Gasteiger partial charge in [0.2, 0.25) is 5.91 Å². The molecular weight excluding hydrogens is 405 g/mol. The summed E-state index contributed by atoms with van der Waals surface area (Å²) in [6.45, 7) is 1.69. The minimum atomic E-state index is -4.43. The molecule has 1 aliphatic heterocycles. The van der Waals surface area contributed by atoms with Crippen LogP contribution in [-0.4, -0.2) is 52.9 Å². The molecule has 0 spiro atoms. The molecule has 0 saturated carbocycles. The Balaban J connectivity index is 0.00000300. The second kappa shape index (κ2) is 9.63. The molecular formula is C20H26ClF3N4O. The molecule has 0 unspecified atom stereocenters. The molecule has 0 aliphatic carbocycles. The number of alkyl halides is 3. The highest BCUT2D eigenvalue weighted by Gasteiger charge is 2.40. The highest BCUT2D eigenvalue weighted by molar-refractivity contribution is 5.85. The lowest BCUT2D eigenvalue weighted by Crippen LogP contribution is -2.44.